The number of ether oxygens (including phenoxy) is 1. The van der Waals surface area contributed by atoms with Crippen molar-refractivity contribution in [1.29, 1.82) is 0 Å². The van der Waals surface area contributed by atoms with Crippen LogP contribution < -0.4 is 0 Å². The van der Waals surface area contributed by atoms with Gasteiger partial charge in [-0.05, 0) is 38.5 Å². The minimum absolute atomic E-state index is 0.0255. The van der Waals surface area contributed by atoms with E-state index in [1.54, 1.807) is 0 Å². The van der Waals surface area contributed by atoms with Gasteiger partial charge in [0, 0.05) is 25.7 Å². The number of aliphatic carboxylic acids is 3. The van der Waals surface area contributed by atoms with Gasteiger partial charge in [-0.2, -0.15) is 0 Å². The van der Waals surface area contributed by atoms with Crippen molar-refractivity contribution in [2.24, 2.45) is 0 Å². The summed E-state index contributed by atoms with van der Waals surface area (Å²) in [6.45, 7) is 7.09. The number of carbonyl (C=O) groups is 4. The molecule has 0 radical (unpaired) electrons. The van der Waals surface area contributed by atoms with Gasteiger partial charge in [-0.15, -0.1) is 0 Å². The van der Waals surface area contributed by atoms with E-state index in [1.807, 2.05) is 0 Å². The molecule has 1 rings (SSSR count). The van der Waals surface area contributed by atoms with Gasteiger partial charge in [0.1, 0.15) is 0 Å². The van der Waals surface area contributed by atoms with Crippen LogP contribution >= 0.6 is 0 Å². The highest BCUT2D eigenvalue weighted by Gasteiger charge is 2.05. The second-order valence-corrected chi connectivity index (χ2v) is 9.70. The number of carboxylic acids is 3. The topological polar surface area (TPSA) is 138 Å². The molecular weight excluding hydrogens is 488 g/mol. The SMILES string of the molecule is CCCCCCCC(=O)O.CCCCCCCC(=O)O.CCCCCCCC(=O)O.O=C1CCCCCO1. The Bertz CT molecular complexity index is 481. The first-order valence-corrected chi connectivity index (χ1v) is 15.0. The van der Waals surface area contributed by atoms with Crippen molar-refractivity contribution in [2.75, 3.05) is 6.61 Å². The summed E-state index contributed by atoms with van der Waals surface area (Å²) in [6.07, 6.45) is 21.5. The van der Waals surface area contributed by atoms with Gasteiger partial charge in [-0.1, -0.05) is 97.8 Å². The molecule has 226 valence electrons. The monoisotopic (exact) mass is 546 g/mol. The molecule has 0 aromatic heterocycles. The van der Waals surface area contributed by atoms with Gasteiger partial charge < -0.3 is 20.1 Å². The first-order valence-electron chi connectivity index (χ1n) is 15.0. The normalized spacial score (nSPS) is 12.2. The van der Waals surface area contributed by atoms with E-state index in [1.165, 1.54) is 57.8 Å². The van der Waals surface area contributed by atoms with Crippen molar-refractivity contribution in [3.63, 3.8) is 0 Å². The minimum Gasteiger partial charge on any atom is -0.481 e. The number of cyclic esters (lactones) is 1. The standard InChI is InChI=1S/3C8H16O2.C6H10O2/c3*1-2-3-4-5-6-7-8(9)10;7-6-4-2-1-3-5-8-6/h3*2-7H2,1H3,(H,9,10);1-5H2. The van der Waals surface area contributed by atoms with Gasteiger partial charge >= 0.3 is 23.9 Å². The van der Waals surface area contributed by atoms with Crippen LogP contribution in [0.15, 0.2) is 0 Å². The fourth-order valence-corrected chi connectivity index (χ4v) is 3.45. The molecule has 1 saturated heterocycles. The Balaban J connectivity index is -0.000000431. The second kappa shape index (κ2) is 34.9. The summed E-state index contributed by atoms with van der Waals surface area (Å²) < 4.78 is 4.76. The Labute approximate surface area is 231 Å². The summed E-state index contributed by atoms with van der Waals surface area (Å²) in [4.78, 5) is 40.6. The lowest BCUT2D eigenvalue weighted by atomic mass is 10.1. The molecule has 0 amide bonds. The van der Waals surface area contributed by atoms with Crippen LogP contribution in [0.3, 0.4) is 0 Å². The minimum atomic E-state index is -0.670. The van der Waals surface area contributed by atoms with Crippen LogP contribution in [0, 0.1) is 0 Å². The van der Waals surface area contributed by atoms with E-state index in [4.69, 9.17) is 20.1 Å². The first-order chi connectivity index (χ1) is 18.2. The van der Waals surface area contributed by atoms with Crippen LogP contribution in [0.5, 0.6) is 0 Å². The average Bonchev–Trinajstić information content (AvgIpc) is 3.12. The third-order valence-electron chi connectivity index (χ3n) is 5.77. The van der Waals surface area contributed by atoms with Crippen molar-refractivity contribution in [1.82, 2.24) is 0 Å². The first kappa shape index (κ1) is 40.4. The zero-order chi connectivity index (χ0) is 29.3. The molecule has 0 aromatic rings. The number of hydrogen-bond acceptors (Lipinski definition) is 5. The third-order valence-corrected chi connectivity index (χ3v) is 5.77. The molecule has 0 unspecified atom stereocenters. The van der Waals surface area contributed by atoms with E-state index in [9.17, 15) is 19.2 Å². The van der Waals surface area contributed by atoms with Gasteiger partial charge in [0.2, 0.25) is 0 Å². The third kappa shape index (κ3) is 47.1. The highest BCUT2D eigenvalue weighted by Crippen LogP contribution is 2.07. The lowest BCUT2D eigenvalue weighted by Crippen LogP contribution is -2.00. The number of hydrogen-bond donors (Lipinski definition) is 3. The molecule has 1 fully saturated rings. The Hall–Kier alpha value is -2.12. The molecule has 1 heterocycles. The second-order valence-electron chi connectivity index (χ2n) is 9.70. The zero-order valence-electron chi connectivity index (χ0n) is 24.6. The van der Waals surface area contributed by atoms with E-state index in [-0.39, 0.29) is 5.97 Å². The van der Waals surface area contributed by atoms with Gasteiger partial charge in [0.25, 0.3) is 0 Å². The Morgan fingerprint density at radius 2 is 0.895 bits per heavy atom. The maximum absolute atomic E-state index is 10.5. The summed E-state index contributed by atoms with van der Waals surface area (Å²) in [6, 6.07) is 0. The Morgan fingerprint density at radius 3 is 1.21 bits per heavy atom. The quantitative estimate of drug-likeness (QED) is 0.115. The maximum atomic E-state index is 10.5. The number of unbranched alkanes of at least 4 members (excludes halogenated alkanes) is 12. The van der Waals surface area contributed by atoms with Crippen molar-refractivity contribution in [3.8, 4) is 0 Å². The van der Waals surface area contributed by atoms with Crippen LogP contribution in [0.4, 0.5) is 0 Å². The van der Waals surface area contributed by atoms with E-state index in [0.717, 1.165) is 57.8 Å². The number of rotatable bonds is 18. The van der Waals surface area contributed by atoms with E-state index in [2.05, 4.69) is 20.8 Å². The highest BCUT2D eigenvalue weighted by atomic mass is 16.5. The summed E-state index contributed by atoms with van der Waals surface area (Å²) in [5.74, 6) is -2.04. The molecule has 3 N–H and O–H groups in total. The van der Waals surface area contributed by atoms with E-state index >= 15 is 0 Å². The predicted molar refractivity (Wildman–Crippen MR) is 152 cm³/mol. The summed E-state index contributed by atoms with van der Waals surface area (Å²) in [7, 11) is 0. The fraction of sp³-hybridized carbons (Fsp3) is 0.867. The highest BCUT2D eigenvalue weighted by molar-refractivity contribution is 5.69. The molecule has 8 heteroatoms. The van der Waals surface area contributed by atoms with Crippen LogP contribution in [-0.2, 0) is 23.9 Å². The van der Waals surface area contributed by atoms with Crippen LogP contribution in [-0.4, -0.2) is 45.8 Å². The lowest BCUT2D eigenvalue weighted by molar-refractivity contribution is -0.143. The number of carboxylic acid groups (broad SMARTS) is 3. The molecule has 38 heavy (non-hydrogen) atoms. The number of carbonyl (C=O) groups excluding carboxylic acids is 1. The Morgan fingerprint density at radius 1 is 0.553 bits per heavy atom. The number of esters is 1. The van der Waals surface area contributed by atoms with Gasteiger partial charge in [-0.3, -0.25) is 19.2 Å². The van der Waals surface area contributed by atoms with Gasteiger partial charge in [0.15, 0.2) is 0 Å². The maximum Gasteiger partial charge on any atom is 0.305 e. The van der Waals surface area contributed by atoms with Crippen LogP contribution in [0.2, 0.25) is 0 Å². The van der Waals surface area contributed by atoms with Crippen molar-refractivity contribution in [2.45, 2.75) is 162 Å². The fourth-order valence-electron chi connectivity index (χ4n) is 3.45. The van der Waals surface area contributed by atoms with E-state index in [0.29, 0.717) is 32.3 Å². The zero-order valence-corrected chi connectivity index (χ0v) is 24.6. The van der Waals surface area contributed by atoms with Gasteiger partial charge in [0.05, 0.1) is 6.61 Å². The van der Waals surface area contributed by atoms with Crippen LogP contribution in [0.1, 0.15) is 162 Å². The molecule has 0 aliphatic carbocycles. The van der Waals surface area contributed by atoms with Gasteiger partial charge in [-0.25, -0.2) is 0 Å². The molecule has 0 aromatic carbocycles. The smallest absolute Gasteiger partial charge is 0.305 e. The lowest BCUT2D eigenvalue weighted by Gasteiger charge is -1.95. The van der Waals surface area contributed by atoms with Crippen molar-refractivity contribution < 1.29 is 39.2 Å². The van der Waals surface area contributed by atoms with Crippen molar-refractivity contribution in [3.05, 3.63) is 0 Å². The molecule has 0 atom stereocenters. The summed E-state index contributed by atoms with van der Waals surface area (Å²) >= 11 is 0. The predicted octanol–water partition coefficient (Wildman–Crippen LogP) is 8.40. The Kier molecular flexibility index (Phi) is 37.1. The molecule has 8 nitrogen and oxygen atoms in total. The summed E-state index contributed by atoms with van der Waals surface area (Å²) in [5, 5.41) is 24.8. The molecule has 0 spiro atoms. The molecule has 0 bridgehead atoms. The van der Waals surface area contributed by atoms with E-state index < -0.39 is 17.9 Å². The molecular formula is C30H58O8. The van der Waals surface area contributed by atoms with Crippen LogP contribution in [0.25, 0.3) is 0 Å². The summed E-state index contributed by atoms with van der Waals surface area (Å²) in [5.41, 5.74) is 0. The molecule has 1 aliphatic heterocycles. The molecule has 0 saturated carbocycles. The largest absolute Gasteiger partial charge is 0.481 e. The molecule has 1 aliphatic rings. The average molecular weight is 547 g/mol. The van der Waals surface area contributed by atoms with Crippen molar-refractivity contribution >= 4 is 23.9 Å².